The van der Waals surface area contributed by atoms with Crippen molar-refractivity contribution in [1.29, 1.82) is 0 Å². The normalized spacial score (nSPS) is 14.0. The highest BCUT2D eigenvalue weighted by Crippen LogP contribution is 2.40. The Hall–Kier alpha value is -2.14. The van der Waals surface area contributed by atoms with Crippen LogP contribution in [0.4, 0.5) is 17.5 Å². The monoisotopic (exact) mass is 340 g/mol. The van der Waals surface area contributed by atoms with Crippen molar-refractivity contribution in [3.8, 4) is 0 Å². The Morgan fingerprint density at radius 1 is 1.20 bits per heavy atom. The van der Waals surface area contributed by atoms with Gasteiger partial charge in [0, 0.05) is 30.8 Å². The second-order valence-corrected chi connectivity index (χ2v) is 7.13. The molecule has 25 heavy (non-hydrogen) atoms. The van der Waals surface area contributed by atoms with Crippen LogP contribution in [-0.2, 0) is 0 Å². The van der Waals surface area contributed by atoms with Gasteiger partial charge in [0.05, 0.1) is 5.69 Å². The molecule has 1 aliphatic rings. The van der Waals surface area contributed by atoms with E-state index in [1.807, 2.05) is 0 Å². The molecule has 0 saturated heterocycles. The smallest absolute Gasteiger partial charge is 0.224 e. The van der Waals surface area contributed by atoms with Crippen LogP contribution in [0.1, 0.15) is 61.8 Å². The minimum absolute atomic E-state index is 0.169. The third-order valence-corrected chi connectivity index (χ3v) is 4.52. The summed E-state index contributed by atoms with van der Waals surface area (Å²) >= 11 is 0. The number of aliphatic hydroxyl groups excluding tert-OH is 1. The predicted octanol–water partition coefficient (Wildman–Crippen LogP) is 4.32. The molecule has 3 N–H and O–H groups in total. The quantitative estimate of drug-likeness (QED) is 0.624. The van der Waals surface area contributed by atoms with Crippen molar-refractivity contribution in [2.45, 2.75) is 51.9 Å². The van der Waals surface area contributed by atoms with Gasteiger partial charge in [-0.2, -0.15) is 4.98 Å². The zero-order valence-electron chi connectivity index (χ0n) is 15.3. The lowest BCUT2D eigenvalue weighted by molar-refractivity contribution is 0.292. The first-order chi connectivity index (χ1) is 12.1. The molecular formula is C20H28N4O. The van der Waals surface area contributed by atoms with Crippen LogP contribution in [0.3, 0.4) is 0 Å². The first-order valence-corrected chi connectivity index (χ1v) is 9.18. The average Bonchev–Trinajstić information content (AvgIpc) is 3.39. The largest absolute Gasteiger partial charge is 0.396 e. The molecule has 0 spiro atoms. The number of aliphatic hydroxyl groups is 1. The first kappa shape index (κ1) is 17.7. The third-order valence-electron chi connectivity index (χ3n) is 4.52. The van der Waals surface area contributed by atoms with Gasteiger partial charge in [-0.1, -0.05) is 19.9 Å². The predicted molar refractivity (Wildman–Crippen MR) is 103 cm³/mol. The van der Waals surface area contributed by atoms with Gasteiger partial charge in [0.2, 0.25) is 5.95 Å². The Kier molecular flexibility index (Phi) is 5.53. The van der Waals surface area contributed by atoms with Crippen LogP contribution in [0.25, 0.3) is 0 Å². The summed E-state index contributed by atoms with van der Waals surface area (Å²) in [6.07, 6.45) is 3.10. The highest BCUT2D eigenvalue weighted by atomic mass is 16.3. The Morgan fingerprint density at radius 2 is 2.00 bits per heavy atom. The Balaban J connectivity index is 1.79. The molecule has 1 aromatic heterocycles. The van der Waals surface area contributed by atoms with Crippen LogP contribution in [-0.4, -0.2) is 28.2 Å². The SMILES string of the molecule is Cc1cc(Nc2cc(C3CC3)nc(NCCCO)n2)ccc1C(C)C. The van der Waals surface area contributed by atoms with Crippen LogP contribution < -0.4 is 10.6 Å². The number of nitrogens with one attached hydrogen (secondary N) is 2. The van der Waals surface area contributed by atoms with Gasteiger partial charge in [-0.3, -0.25) is 0 Å². The molecule has 0 atom stereocenters. The van der Waals surface area contributed by atoms with E-state index in [-0.39, 0.29) is 6.61 Å². The molecular weight excluding hydrogens is 312 g/mol. The lowest BCUT2D eigenvalue weighted by Gasteiger charge is -2.14. The Bertz CT molecular complexity index is 726. The molecule has 2 aromatic rings. The van der Waals surface area contributed by atoms with Crippen molar-refractivity contribution in [2.24, 2.45) is 0 Å². The van der Waals surface area contributed by atoms with E-state index in [1.165, 1.54) is 24.0 Å². The number of benzene rings is 1. The molecule has 1 heterocycles. The van der Waals surface area contributed by atoms with Gasteiger partial charge in [0.15, 0.2) is 0 Å². The topological polar surface area (TPSA) is 70.1 Å². The second kappa shape index (κ2) is 7.83. The summed E-state index contributed by atoms with van der Waals surface area (Å²) in [7, 11) is 0. The summed E-state index contributed by atoms with van der Waals surface area (Å²) in [5.74, 6) is 2.54. The lowest BCUT2D eigenvalue weighted by atomic mass is 9.98. The standard InChI is InChI=1S/C20H28N4O/c1-13(2)17-8-7-16(11-14(17)3)22-19-12-18(15-5-6-15)23-20(24-19)21-9-4-10-25/h7-8,11-13,15,25H,4-6,9-10H2,1-3H3,(H2,21,22,23,24). The van der Waals surface area contributed by atoms with E-state index in [4.69, 9.17) is 5.11 Å². The number of rotatable bonds is 8. The van der Waals surface area contributed by atoms with Gasteiger partial charge in [-0.25, -0.2) is 4.98 Å². The molecule has 0 radical (unpaired) electrons. The molecule has 1 saturated carbocycles. The number of anilines is 3. The highest BCUT2D eigenvalue weighted by Gasteiger charge is 2.26. The van der Waals surface area contributed by atoms with Gasteiger partial charge in [0.1, 0.15) is 5.82 Å². The number of nitrogens with zero attached hydrogens (tertiary/aromatic N) is 2. The van der Waals surface area contributed by atoms with Gasteiger partial charge >= 0.3 is 0 Å². The van der Waals surface area contributed by atoms with E-state index < -0.39 is 0 Å². The highest BCUT2D eigenvalue weighted by molar-refractivity contribution is 5.60. The number of aryl methyl sites for hydroxylation is 1. The summed E-state index contributed by atoms with van der Waals surface area (Å²) < 4.78 is 0. The van der Waals surface area contributed by atoms with Gasteiger partial charge < -0.3 is 15.7 Å². The third kappa shape index (κ3) is 4.69. The molecule has 0 bridgehead atoms. The molecule has 5 nitrogen and oxygen atoms in total. The maximum absolute atomic E-state index is 8.94. The van der Waals surface area contributed by atoms with E-state index in [1.54, 1.807) is 0 Å². The summed E-state index contributed by atoms with van der Waals surface area (Å²) in [5, 5.41) is 15.6. The number of hydrogen-bond donors (Lipinski definition) is 3. The molecule has 0 aliphatic heterocycles. The Labute approximate surface area is 149 Å². The van der Waals surface area contributed by atoms with Gasteiger partial charge in [0.25, 0.3) is 0 Å². The summed E-state index contributed by atoms with van der Waals surface area (Å²) in [6.45, 7) is 7.42. The van der Waals surface area contributed by atoms with Crippen molar-refractivity contribution < 1.29 is 5.11 Å². The van der Waals surface area contributed by atoms with Crippen LogP contribution in [0.15, 0.2) is 24.3 Å². The van der Waals surface area contributed by atoms with E-state index in [0.717, 1.165) is 17.2 Å². The molecule has 5 heteroatoms. The molecule has 1 aliphatic carbocycles. The minimum Gasteiger partial charge on any atom is -0.396 e. The molecule has 0 amide bonds. The maximum atomic E-state index is 8.94. The van der Waals surface area contributed by atoms with E-state index in [9.17, 15) is 0 Å². The van der Waals surface area contributed by atoms with Crippen LogP contribution in [0, 0.1) is 6.92 Å². The van der Waals surface area contributed by atoms with E-state index in [0.29, 0.717) is 30.7 Å². The van der Waals surface area contributed by atoms with Crippen LogP contribution in [0.5, 0.6) is 0 Å². The van der Waals surface area contributed by atoms with Crippen molar-refractivity contribution in [1.82, 2.24) is 9.97 Å². The summed E-state index contributed by atoms with van der Waals surface area (Å²) in [6, 6.07) is 8.53. The molecule has 3 rings (SSSR count). The zero-order valence-corrected chi connectivity index (χ0v) is 15.3. The van der Waals surface area contributed by atoms with Gasteiger partial charge in [-0.15, -0.1) is 0 Å². The second-order valence-electron chi connectivity index (χ2n) is 7.13. The van der Waals surface area contributed by atoms with Crippen LogP contribution in [0.2, 0.25) is 0 Å². The maximum Gasteiger partial charge on any atom is 0.224 e. The van der Waals surface area contributed by atoms with Crippen LogP contribution >= 0.6 is 0 Å². The zero-order chi connectivity index (χ0) is 17.8. The summed E-state index contributed by atoms with van der Waals surface area (Å²) in [4.78, 5) is 9.20. The average molecular weight is 340 g/mol. The molecule has 1 fully saturated rings. The van der Waals surface area contributed by atoms with Gasteiger partial charge in [-0.05, 0) is 55.4 Å². The Morgan fingerprint density at radius 3 is 2.64 bits per heavy atom. The molecule has 1 aromatic carbocycles. The van der Waals surface area contributed by atoms with E-state index in [2.05, 4.69) is 65.6 Å². The van der Waals surface area contributed by atoms with E-state index >= 15 is 0 Å². The fraction of sp³-hybridized carbons (Fsp3) is 0.500. The fourth-order valence-electron chi connectivity index (χ4n) is 3.03. The molecule has 134 valence electrons. The fourth-order valence-corrected chi connectivity index (χ4v) is 3.03. The van der Waals surface area contributed by atoms with Crippen molar-refractivity contribution in [3.05, 3.63) is 41.1 Å². The number of hydrogen-bond acceptors (Lipinski definition) is 5. The lowest BCUT2D eigenvalue weighted by Crippen LogP contribution is -2.09. The minimum atomic E-state index is 0.169. The van der Waals surface area contributed by atoms with Crippen molar-refractivity contribution in [3.63, 3.8) is 0 Å². The van der Waals surface area contributed by atoms with Crippen molar-refractivity contribution in [2.75, 3.05) is 23.8 Å². The molecule has 0 unspecified atom stereocenters. The first-order valence-electron chi connectivity index (χ1n) is 9.18. The van der Waals surface area contributed by atoms with Crippen molar-refractivity contribution >= 4 is 17.5 Å². The number of aromatic nitrogens is 2. The summed E-state index contributed by atoms with van der Waals surface area (Å²) in [5.41, 5.74) is 4.80.